The minimum absolute atomic E-state index is 0.181. The van der Waals surface area contributed by atoms with Gasteiger partial charge >= 0.3 is 0 Å². The lowest BCUT2D eigenvalue weighted by Crippen LogP contribution is -2.35. The summed E-state index contributed by atoms with van der Waals surface area (Å²) in [6, 6.07) is 7.69. The van der Waals surface area contributed by atoms with Gasteiger partial charge in [0.1, 0.15) is 0 Å². The molecule has 0 bridgehead atoms. The Balaban J connectivity index is 2.24. The molecule has 1 aromatic rings. The van der Waals surface area contributed by atoms with Gasteiger partial charge in [-0.2, -0.15) is 0 Å². The lowest BCUT2D eigenvalue weighted by Gasteiger charge is -2.25. The quantitative estimate of drug-likeness (QED) is 0.895. The summed E-state index contributed by atoms with van der Waals surface area (Å²) in [5, 5.41) is 3.81. The number of anilines is 1. The molecule has 4 heteroatoms. The number of hydrogen-bond acceptors (Lipinski definition) is 2. The Morgan fingerprint density at radius 1 is 1.53 bits per heavy atom. The maximum Gasteiger partial charge on any atom is 0.227 e. The summed E-state index contributed by atoms with van der Waals surface area (Å²) in [6.07, 6.45) is 0.606. The van der Waals surface area contributed by atoms with Crippen molar-refractivity contribution in [2.24, 2.45) is 5.92 Å². The Labute approximate surface area is 107 Å². The molecule has 0 saturated carbocycles. The van der Waals surface area contributed by atoms with Gasteiger partial charge in [0.15, 0.2) is 0 Å². The molecule has 1 N–H and O–H groups in total. The van der Waals surface area contributed by atoms with Crippen LogP contribution in [0, 0.1) is 5.92 Å². The second-order valence-electron chi connectivity index (χ2n) is 4.51. The predicted octanol–water partition coefficient (Wildman–Crippen LogP) is 2.30. The van der Waals surface area contributed by atoms with Crippen LogP contribution in [-0.4, -0.2) is 25.5 Å². The fraction of sp³-hybridized carbons (Fsp3) is 0.462. The van der Waals surface area contributed by atoms with Gasteiger partial charge < -0.3 is 10.2 Å². The molecule has 2 unspecified atom stereocenters. The van der Waals surface area contributed by atoms with Crippen LogP contribution < -0.4 is 10.2 Å². The molecule has 2 rings (SSSR count). The van der Waals surface area contributed by atoms with E-state index in [4.69, 9.17) is 11.6 Å². The first-order chi connectivity index (χ1) is 8.13. The molecule has 1 saturated heterocycles. The summed E-state index contributed by atoms with van der Waals surface area (Å²) < 4.78 is 0. The highest BCUT2D eigenvalue weighted by Crippen LogP contribution is 2.31. The zero-order valence-electron chi connectivity index (χ0n) is 10.1. The first-order valence-corrected chi connectivity index (χ1v) is 6.23. The van der Waals surface area contributed by atoms with Crippen molar-refractivity contribution in [2.75, 3.05) is 18.5 Å². The molecule has 17 heavy (non-hydrogen) atoms. The Morgan fingerprint density at radius 3 is 2.94 bits per heavy atom. The van der Waals surface area contributed by atoms with Crippen LogP contribution in [0.1, 0.15) is 13.3 Å². The summed E-state index contributed by atoms with van der Waals surface area (Å²) in [6.45, 7) is 2.96. The molecule has 0 radical (unpaired) electrons. The number of carbonyl (C=O) groups is 1. The molecule has 1 heterocycles. The number of rotatable bonds is 3. The van der Waals surface area contributed by atoms with E-state index in [1.807, 2.05) is 36.2 Å². The van der Waals surface area contributed by atoms with E-state index in [9.17, 15) is 4.79 Å². The van der Waals surface area contributed by atoms with Crippen molar-refractivity contribution in [3.63, 3.8) is 0 Å². The second-order valence-corrected chi connectivity index (χ2v) is 4.94. The van der Waals surface area contributed by atoms with Crippen molar-refractivity contribution in [3.8, 4) is 0 Å². The topological polar surface area (TPSA) is 32.3 Å². The van der Waals surface area contributed by atoms with Crippen molar-refractivity contribution in [1.29, 1.82) is 0 Å². The number of amides is 1. The molecule has 0 spiro atoms. The fourth-order valence-electron chi connectivity index (χ4n) is 2.44. The zero-order valence-corrected chi connectivity index (χ0v) is 10.9. The van der Waals surface area contributed by atoms with E-state index in [2.05, 4.69) is 12.2 Å². The molecular weight excluding hydrogens is 236 g/mol. The smallest absolute Gasteiger partial charge is 0.227 e. The maximum atomic E-state index is 12.0. The summed E-state index contributed by atoms with van der Waals surface area (Å²) >= 11 is 5.97. The number of halogens is 1. The van der Waals surface area contributed by atoms with Gasteiger partial charge in [0.25, 0.3) is 0 Å². The zero-order chi connectivity index (χ0) is 12.4. The molecule has 0 aromatic heterocycles. The van der Waals surface area contributed by atoms with Gasteiger partial charge in [-0.05, 0) is 32.2 Å². The van der Waals surface area contributed by atoms with Crippen LogP contribution in [0.15, 0.2) is 24.3 Å². The van der Waals surface area contributed by atoms with Crippen molar-refractivity contribution < 1.29 is 4.79 Å². The van der Waals surface area contributed by atoms with Gasteiger partial charge in [0.2, 0.25) is 5.91 Å². The monoisotopic (exact) mass is 252 g/mol. The van der Waals surface area contributed by atoms with Crippen LogP contribution in [0.25, 0.3) is 0 Å². The summed E-state index contributed by atoms with van der Waals surface area (Å²) in [7, 11) is 1.92. The van der Waals surface area contributed by atoms with Crippen molar-refractivity contribution >= 4 is 23.2 Å². The van der Waals surface area contributed by atoms with E-state index >= 15 is 0 Å². The van der Waals surface area contributed by atoms with Crippen LogP contribution in [-0.2, 0) is 4.79 Å². The number of nitrogens with one attached hydrogen (secondary N) is 1. The third-order valence-corrected chi connectivity index (χ3v) is 3.58. The van der Waals surface area contributed by atoms with E-state index in [0.717, 1.165) is 12.2 Å². The SMILES string of the molecule is CNCC1CC(=O)N(c2cccc(Cl)c2)C1C. The van der Waals surface area contributed by atoms with Gasteiger partial charge in [0.05, 0.1) is 0 Å². The molecule has 1 aliphatic rings. The van der Waals surface area contributed by atoms with E-state index in [1.165, 1.54) is 0 Å². The number of nitrogens with zero attached hydrogens (tertiary/aromatic N) is 1. The molecule has 1 aromatic carbocycles. The van der Waals surface area contributed by atoms with Gasteiger partial charge in [-0.3, -0.25) is 4.79 Å². The van der Waals surface area contributed by atoms with Gasteiger partial charge in [-0.15, -0.1) is 0 Å². The first kappa shape index (κ1) is 12.4. The van der Waals surface area contributed by atoms with Gasteiger partial charge in [-0.1, -0.05) is 17.7 Å². The minimum atomic E-state index is 0.181. The molecule has 0 aliphatic carbocycles. The third-order valence-electron chi connectivity index (χ3n) is 3.35. The van der Waals surface area contributed by atoms with Gasteiger partial charge in [-0.25, -0.2) is 0 Å². The highest BCUT2D eigenvalue weighted by molar-refractivity contribution is 6.30. The Kier molecular flexibility index (Phi) is 3.69. The molecular formula is C13H17ClN2O. The van der Waals surface area contributed by atoms with Crippen molar-refractivity contribution in [1.82, 2.24) is 5.32 Å². The first-order valence-electron chi connectivity index (χ1n) is 5.85. The average Bonchev–Trinajstić information content (AvgIpc) is 2.55. The van der Waals surface area contributed by atoms with Crippen molar-refractivity contribution in [3.05, 3.63) is 29.3 Å². The van der Waals surface area contributed by atoms with E-state index in [-0.39, 0.29) is 11.9 Å². The van der Waals surface area contributed by atoms with E-state index in [1.54, 1.807) is 0 Å². The maximum absolute atomic E-state index is 12.0. The molecule has 92 valence electrons. The standard InChI is InChI=1S/C13H17ClN2O/c1-9-10(8-15-2)6-13(17)16(9)12-5-3-4-11(14)7-12/h3-5,7,9-10,15H,6,8H2,1-2H3. The van der Waals surface area contributed by atoms with E-state index < -0.39 is 0 Å². The largest absolute Gasteiger partial charge is 0.319 e. The predicted molar refractivity (Wildman–Crippen MR) is 70.4 cm³/mol. The normalized spacial score (nSPS) is 24.4. The minimum Gasteiger partial charge on any atom is -0.319 e. The van der Waals surface area contributed by atoms with Gasteiger partial charge in [0, 0.05) is 35.6 Å². The van der Waals surface area contributed by atoms with Crippen molar-refractivity contribution in [2.45, 2.75) is 19.4 Å². The van der Waals surface area contributed by atoms with Crippen LogP contribution in [0.2, 0.25) is 5.02 Å². The Hall–Kier alpha value is -1.06. The summed E-state index contributed by atoms with van der Waals surface area (Å²) in [4.78, 5) is 13.9. The summed E-state index contributed by atoms with van der Waals surface area (Å²) in [5.74, 6) is 0.548. The fourth-order valence-corrected chi connectivity index (χ4v) is 2.63. The lowest BCUT2D eigenvalue weighted by molar-refractivity contribution is -0.117. The van der Waals surface area contributed by atoms with Crippen LogP contribution in [0.5, 0.6) is 0 Å². The molecule has 1 amide bonds. The number of carbonyl (C=O) groups excluding carboxylic acids is 1. The van der Waals surface area contributed by atoms with Crippen LogP contribution in [0.4, 0.5) is 5.69 Å². The molecule has 1 aliphatic heterocycles. The second kappa shape index (κ2) is 5.07. The van der Waals surface area contributed by atoms with Crippen LogP contribution in [0.3, 0.4) is 0 Å². The molecule has 1 fully saturated rings. The lowest BCUT2D eigenvalue weighted by atomic mass is 10.0. The highest BCUT2D eigenvalue weighted by atomic mass is 35.5. The summed E-state index contributed by atoms with van der Waals surface area (Å²) in [5.41, 5.74) is 0.897. The Morgan fingerprint density at radius 2 is 2.29 bits per heavy atom. The molecule has 2 atom stereocenters. The number of benzene rings is 1. The van der Waals surface area contributed by atoms with Crippen LogP contribution >= 0.6 is 11.6 Å². The number of hydrogen-bond donors (Lipinski definition) is 1. The molecule has 3 nitrogen and oxygen atoms in total. The van der Waals surface area contributed by atoms with E-state index in [0.29, 0.717) is 17.4 Å². The third kappa shape index (κ3) is 2.45. The Bertz CT molecular complexity index is 422. The average molecular weight is 253 g/mol. The highest BCUT2D eigenvalue weighted by Gasteiger charge is 2.37.